The third-order valence-electron chi connectivity index (χ3n) is 3.26. The van der Waals surface area contributed by atoms with E-state index in [-0.39, 0.29) is 0 Å². The highest BCUT2D eigenvalue weighted by molar-refractivity contribution is 5.78. The molecule has 0 spiro atoms. The Hall–Kier alpha value is -2.16. The normalized spacial score (nSPS) is 11.2. The maximum atomic E-state index is 4.61. The van der Waals surface area contributed by atoms with Crippen molar-refractivity contribution in [2.24, 2.45) is 0 Å². The predicted molar refractivity (Wildman–Crippen MR) is 77.8 cm³/mol. The van der Waals surface area contributed by atoms with Crippen molar-refractivity contribution in [3.63, 3.8) is 0 Å². The highest BCUT2D eigenvalue weighted by atomic mass is 15.5. The van der Waals surface area contributed by atoms with Crippen LogP contribution in [0.2, 0.25) is 0 Å². The Labute approximate surface area is 112 Å². The van der Waals surface area contributed by atoms with Crippen LogP contribution in [0, 0.1) is 27.7 Å². The Morgan fingerprint density at radius 2 is 1.37 bits per heavy atom. The molecular weight excluding hydrogens is 234 g/mol. The van der Waals surface area contributed by atoms with E-state index >= 15 is 0 Å². The first-order valence-electron chi connectivity index (χ1n) is 6.46. The zero-order chi connectivity index (χ0) is 13.6. The monoisotopic (exact) mass is 251 g/mol. The van der Waals surface area contributed by atoms with Crippen LogP contribution in [0.3, 0.4) is 0 Å². The number of aromatic nitrogens is 3. The number of benzene rings is 2. The molecule has 3 nitrogen and oxygen atoms in total. The van der Waals surface area contributed by atoms with E-state index in [1.807, 2.05) is 0 Å². The zero-order valence-corrected chi connectivity index (χ0v) is 11.7. The van der Waals surface area contributed by atoms with Gasteiger partial charge in [0.05, 0.1) is 5.69 Å². The second-order valence-corrected chi connectivity index (χ2v) is 5.28. The lowest BCUT2D eigenvalue weighted by molar-refractivity contribution is 0.763. The fourth-order valence-electron chi connectivity index (χ4n) is 2.54. The summed E-state index contributed by atoms with van der Waals surface area (Å²) in [6.07, 6.45) is 0. The summed E-state index contributed by atoms with van der Waals surface area (Å²) < 4.78 is 0. The Kier molecular flexibility index (Phi) is 2.63. The van der Waals surface area contributed by atoms with Gasteiger partial charge in [-0.15, -0.1) is 10.2 Å². The lowest BCUT2D eigenvalue weighted by Gasteiger charge is -2.02. The highest BCUT2D eigenvalue weighted by Crippen LogP contribution is 2.19. The molecule has 0 unspecified atom stereocenters. The van der Waals surface area contributed by atoms with Crippen molar-refractivity contribution >= 4 is 11.0 Å². The summed E-state index contributed by atoms with van der Waals surface area (Å²) in [6.45, 7) is 8.35. The van der Waals surface area contributed by atoms with Crippen LogP contribution in [0.5, 0.6) is 0 Å². The Balaban J connectivity index is 2.23. The second-order valence-electron chi connectivity index (χ2n) is 5.28. The van der Waals surface area contributed by atoms with Crippen LogP contribution >= 0.6 is 0 Å². The van der Waals surface area contributed by atoms with E-state index in [0.717, 1.165) is 16.7 Å². The minimum absolute atomic E-state index is 0.955. The predicted octanol–water partition coefficient (Wildman–Crippen LogP) is 3.65. The number of aryl methyl sites for hydroxylation is 4. The topological polar surface area (TPSA) is 30.7 Å². The molecule has 1 aromatic heterocycles. The van der Waals surface area contributed by atoms with Crippen molar-refractivity contribution in [3.05, 3.63) is 52.6 Å². The molecule has 0 radical (unpaired) electrons. The first kappa shape index (κ1) is 11.9. The van der Waals surface area contributed by atoms with Gasteiger partial charge in [0.25, 0.3) is 0 Å². The molecule has 0 fully saturated rings. The van der Waals surface area contributed by atoms with Gasteiger partial charge in [0.1, 0.15) is 11.0 Å². The molecule has 3 aromatic rings. The fraction of sp³-hybridized carbons (Fsp3) is 0.250. The lowest BCUT2D eigenvalue weighted by atomic mass is 10.1. The van der Waals surface area contributed by atoms with Crippen molar-refractivity contribution in [2.75, 3.05) is 0 Å². The van der Waals surface area contributed by atoms with Crippen molar-refractivity contribution in [2.45, 2.75) is 27.7 Å². The van der Waals surface area contributed by atoms with Crippen molar-refractivity contribution in [3.8, 4) is 5.69 Å². The molecular formula is C16H17N3. The molecule has 0 aliphatic rings. The molecule has 3 rings (SSSR count). The van der Waals surface area contributed by atoms with Crippen molar-refractivity contribution in [1.29, 1.82) is 0 Å². The summed E-state index contributed by atoms with van der Waals surface area (Å²) >= 11 is 0. The number of nitrogens with zero attached hydrogens (tertiary/aromatic N) is 3. The van der Waals surface area contributed by atoms with Gasteiger partial charge in [-0.05, 0) is 68.1 Å². The van der Waals surface area contributed by atoms with Crippen molar-refractivity contribution < 1.29 is 0 Å². The first-order valence-corrected chi connectivity index (χ1v) is 6.46. The molecule has 3 heteroatoms. The summed E-state index contributed by atoms with van der Waals surface area (Å²) in [4.78, 5) is 1.73. The van der Waals surface area contributed by atoms with E-state index in [4.69, 9.17) is 0 Å². The number of rotatable bonds is 1. The van der Waals surface area contributed by atoms with Crippen LogP contribution in [0.25, 0.3) is 16.7 Å². The van der Waals surface area contributed by atoms with Crippen LogP contribution in [-0.2, 0) is 0 Å². The average Bonchev–Trinajstić information content (AvgIpc) is 2.71. The van der Waals surface area contributed by atoms with Crippen LogP contribution in [0.1, 0.15) is 22.3 Å². The maximum absolute atomic E-state index is 4.61. The molecule has 0 atom stereocenters. The third kappa shape index (κ3) is 2.12. The second kappa shape index (κ2) is 4.19. The van der Waals surface area contributed by atoms with Crippen molar-refractivity contribution in [1.82, 2.24) is 15.0 Å². The van der Waals surface area contributed by atoms with Gasteiger partial charge in [-0.1, -0.05) is 12.1 Å². The maximum Gasteiger partial charge on any atom is 0.116 e. The average molecular weight is 251 g/mol. The van der Waals surface area contributed by atoms with E-state index in [1.165, 1.54) is 22.3 Å². The van der Waals surface area contributed by atoms with Crippen LogP contribution in [-0.4, -0.2) is 15.0 Å². The quantitative estimate of drug-likeness (QED) is 0.661. The van der Waals surface area contributed by atoms with Crippen LogP contribution < -0.4 is 0 Å². The van der Waals surface area contributed by atoms with Gasteiger partial charge in [-0.2, -0.15) is 4.80 Å². The smallest absolute Gasteiger partial charge is 0.116 e. The van der Waals surface area contributed by atoms with E-state index in [1.54, 1.807) is 4.80 Å². The molecule has 0 saturated heterocycles. The van der Waals surface area contributed by atoms with Gasteiger partial charge in [0.2, 0.25) is 0 Å². The summed E-state index contributed by atoms with van der Waals surface area (Å²) in [5.41, 5.74) is 7.80. The van der Waals surface area contributed by atoms with Gasteiger partial charge in [-0.25, -0.2) is 0 Å². The van der Waals surface area contributed by atoms with E-state index in [0.29, 0.717) is 0 Å². The third-order valence-corrected chi connectivity index (χ3v) is 3.26. The fourth-order valence-corrected chi connectivity index (χ4v) is 2.54. The molecule has 96 valence electrons. The van der Waals surface area contributed by atoms with E-state index in [9.17, 15) is 0 Å². The first-order chi connectivity index (χ1) is 9.02. The summed E-state index contributed by atoms with van der Waals surface area (Å²) in [5, 5.41) is 9.20. The van der Waals surface area contributed by atoms with Crippen LogP contribution in [0.15, 0.2) is 30.3 Å². The molecule has 0 aliphatic carbocycles. The summed E-state index contributed by atoms with van der Waals surface area (Å²) in [6, 6.07) is 10.6. The lowest BCUT2D eigenvalue weighted by Crippen LogP contribution is -1.99. The van der Waals surface area contributed by atoms with E-state index < -0.39 is 0 Å². The molecule has 2 aromatic carbocycles. The minimum Gasteiger partial charge on any atom is -0.150 e. The molecule has 0 N–H and O–H groups in total. The SMILES string of the molecule is Cc1cc(C)cc(-n2nc3cc(C)cc(C)c3n2)c1. The standard InChI is InChI=1S/C16H17N3/c1-10-5-11(2)8-14(7-10)19-17-15-9-12(3)6-13(4)16(15)18-19/h5-9H,1-4H3. The van der Waals surface area contributed by atoms with Gasteiger partial charge < -0.3 is 0 Å². The number of hydrogen-bond acceptors (Lipinski definition) is 2. The molecule has 0 aliphatic heterocycles. The largest absolute Gasteiger partial charge is 0.150 e. The number of hydrogen-bond donors (Lipinski definition) is 0. The highest BCUT2D eigenvalue weighted by Gasteiger charge is 2.08. The Morgan fingerprint density at radius 3 is 2.05 bits per heavy atom. The van der Waals surface area contributed by atoms with Crippen LogP contribution in [0.4, 0.5) is 0 Å². The Morgan fingerprint density at radius 1 is 0.737 bits per heavy atom. The molecule has 0 saturated carbocycles. The zero-order valence-electron chi connectivity index (χ0n) is 11.7. The molecule has 0 amide bonds. The Bertz CT molecular complexity index is 749. The molecule has 0 bridgehead atoms. The molecule has 1 heterocycles. The van der Waals surface area contributed by atoms with Gasteiger partial charge in [0, 0.05) is 0 Å². The minimum atomic E-state index is 0.955. The number of fused-ring (bicyclic) bond motifs is 1. The van der Waals surface area contributed by atoms with Gasteiger partial charge in [-0.3, -0.25) is 0 Å². The summed E-state index contributed by atoms with van der Waals surface area (Å²) in [7, 11) is 0. The van der Waals surface area contributed by atoms with Gasteiger partial charge in [0.15, 0.2) is 0 Å². The molecule has 19 heavy (non-hydrogen) atoms. The van der Waals surface area contributed by atoms with E-state index in [2.05, 4.69) is 68.2 Å². The van der Waals surface area contributed by atoms with Gasteiger partial charge >= 0.3 is 0 Å². The summed E-state index contributed by atoms with van der Waals surface area (Å²) in [5.74, 6) is 0.